The van der Waals surface area contributed by atoms with Gasteiger partial charge in [-0.15, -0.1) is 11.3 Å². The van der Waals surface area contributed by atoms with Crippen LogP contribution in [0.1, 0.15) is 61.6 Å². The fourth-order valence-electron chi connectivity index (χ4n) is 5.09. The third-order valence-electron chi connectivity index (χ3n) is 6.70. The van der Waals surface area contributed by atoms with Gasteiger partial charge in [0.25, 0.3) is 5.91 Å². The summed E-state index contributed by atoms with van der Waals surface area (Å²) in [5.74, 6) is -0.149. The molecule has 2 aliphatic rings. The standard InChI is InChI=1S/C26H28N4O3S/c1-26(2)22(17-6-4-3-5-7-17)30(25(32)33-26)20-10-8-19(9-11-20)28-23(31)21-16-34-24(29-21)18-12-14-27-15-13-18/h3-7,12-16,19-20,22H,8-11H2,1-2H3,(H,28,31). The molecule has 1 aliphatic heterocycles. The highest BCUT2D eigenvalue weighted by atomic mass is 32.1. The van der Waals surface area contributed by atoms with E-state index in [9.17, 15) is 9.59 Å². The molecule has 2 amide bonds. The molecular formula is C26H28N4O3S. The van der Waals surface area contributed by atoms with Crippen molar-refractivity contribution in [2.24, 2.45) is 0 Å². The zero-order valence-electron chi connectivity index (χ0n) is 19.3. The summed E-state index contributed by atoms with van der Waals surface area (Å²) in [5.41, 5.74) is 1.88. The number of carbonyl (C=O) groups excluding carboxylic acids is 2. The fourth-order valence-corrected chi connectivity index (χ4v) is 5.90. The predicted molar refractivity (Wildman–Crippen MR) is 130 cm³/mol. The molecule has 1 N–H and O–H groups in total. The second-order valence-electron chi connectivity index (χ2n) is 9.44. The average molecular weight is 477 g/mol. The first kappa shape index (κ1) is 22.5. The second kappa shape index (κ2) is 9.18. The summed E-state index contributed by atoms with van der Waals surface area (Å²) in [6.07, 6.45) is 6.44. The first-order chi connectivity index (χ1) is 16.4. The number of amides is 2. The van der Waals surface area contributed by atoms with Gasteiger partial charge in [-0.1, -0.05) is 30.3 Å². The third kappa shape index (κ3) is 4.42. The normalized spacial score (nSPS) is 24.0. The Kier molecular flexibility index (Phi) is 6.08. The Morgan fingerprint density at radius 3 is 2.50 bits per heavy atom. The molecule has 8 heteroatoms. The second-order valence-corrected chi connectivity index (χ2v) is 10.3. The Bertz CT molecular complexity index is 1160. The molecule has 2 fully saturated rings. The van der Waals surface area contributed by atoms with E-state index in [2.05, 4.69) is 27.4 Å². The first-order valence-corrected chi connectivity index (χ1v) is 12.5. The third-order valence-corrected chi connectivity index (χ3v) is 7.59. The van der Waals surface area contributed by atoms with Crippen LogP contribution in [0.25, 0.3) is 10.6 Å². The molecule has 34 heavy (non-hydrogen) atoms. The summed E-state index contributed by atoms with van der Waals surface area (Å²) in [4.78, 5) is 36.1. The molecule has 2 aromatic heterocycles. The molecule has 3 heterocycles. The minimum Gasteiger partial charge on any atom is -0.441 e. The van der Waals surface area contributed by atoms with Gasteiger partial charge in [-0.25, -0.2) is 9.78 Å². The number of ether oxygens (including phenoxy) is 1. The Balaban J connectivity index is 1.22. The van der Waals surface area contributed by atoms with Gasteiger partial charge in [-0.2, -0.15) is 0 Å². The molecular weight excluding hydrogens is 448 g/mol. The van der Waals surface area contributed by atoms with Crippen LogP contribution in [0.5, 0.6) is 0 Å². The van der Waals surface area contributed by atoms with Gasteiger partial charge in [0.1, 0.15) is 16.3 Å². The summed E-state index contributed by atoms with van der Waals surface area (Å²) >= 11 is 1.45. The van der Waals surface area contributed by atoms with Crippen molar-refractivity contribution in [2.45, 2.75) is 63.3 Å². The van der Waals surface area contributed by atoms with Crippen LogP contribution in [0, 0.1) is 0 Å². The number of rotatable bonds is 5. The number of thiazole rings is 1. The Labute approximate surface area is 203 Å². The van der Waals surface area contributed by atoms with Crippen molar-refractivity contribution in [1.29, 1.82) is 0 Å². The maximum Gasteiger partial charge on any atom is 0.411 e. The number of aromatic nitrogens is 2. The molecule has 5 rings (SSSR count). The van der Waals surface area contributed by atoms with Crippen LogP contribution in [0.4, 0.5) is 4.79 Å². The van der Waals surface area contributed by atoms with Gasteiger partial charge < -0.3 is 10.1 Å². The molecule has 0 radical (unpaired) electrons. The van der Waals surface area contributed by atoms with Crippen LogP contribution in [-0.2, 0) is 4.74 Å². The van der Waals surface area contributed by atoms with E-state index >= 15 is 0 Å². The molecule has 0 bridgehead atoms. The SMILES string of the molecule is CC1(C)OC(=O)N(C2CCC(NC(=O)c3csc(-c4ccncc4)n3)CC2)C1c1ccccc1. The monoisotopic (exact) mass is 476 g/mol. The van der Waals surface area contributed by atoms with E-state index < -0.39 is 5.60 Å². The van der Waals surface area contributed by atoms with Crippen molar-refractivity contribution in [3.05, 3.63) is 71.5 Å². The number of hydrogen-bond donors (Lipinski definition) is 1. The van der Waals surface area contributed by atoms with E-state index in [1.54, 1.807) is 17.8 Å². The molecule has 1 aliphatic carbocycles. The lowest BCUT2D eigenvalue weighted by atomic mass is 9.86. The van der Waals surface area contributed by atoms with E-state index in [0.29, 0.717) is 5.69 Å². The summed E-state index contributed by atoms with van der Waals surface area (Å²) in [6.45, 7) is 3.95. The van der Waals surface area contributed by atoms with E-state index in [1.807, 2.05) is 49.1 Å². The fraction of sp³-hybridized carbons (Fsp3) is 0.385. The lowest BCUT2D eigenvalue weighted by molar-refractivity contribution is 0.0663. The molecule has 0 spiro atoms. The van der Waals surface area contributed by atoms with Gasteiger partial charge >= 0.3 is 6.09 Å². The van der Waals surface area contributed by atoms with Gasteiger partial charge in [0, 0.05) is 35.4 Å². The topological polar surface area (TPSA) is 84.4 Å². The van der Waals surface area contributed by atoms with Crippen LogP contribution in [0.3, 0.4) is 0 Å². The molecule has 3 aromatic rings. The van der Waals surface area contributed by atoms with Gasteiger partial charge in [-0.3, -0.25) is 14.7 Å². The highest BCUT2D eigenvalue weighted by molar-refractivity contribution is 7.13. The molecule has 1 aromatic carbocycles. The lowest BCUT2D eigenvalue weighted by Gasteiger charge is -2.38. The average Bonchev–Trinajstić information content (AvgIpc) is 3.43. The smallest absolute Gasteiger partial charge is 0.411 e. The molecule has 176 valence electrons. The number of nitrogens with one attached hydrogen (secondary N) is 1. The van der Waals surface area contributed by atoms with Crippen LogP contribution in [0.15, 0.2) is 60.2 Å². The Morgan fingerprint density at radius 2 is 1.79 bits per heavy atom. The molecule has 7 nitrogen and oxygen atoms in total. The van der Waals surface area contributed by atoms with Gasteiger partial charge in [-0.05, 0) is 57.2 Å². The Morgan fingerprint density at radius 1 is 1.09 bits per heavy atom. The maximum atomic E-state index is 12.9. The van der Waals surface area contributed by atoms with Crippen LogP contribution in [-0.4, -0.2) is 44.6 Å². The highest BCUT2D eigenvalue weighted by Crippen LogP contribution is 2.44. The molecule has 1 saturated carbocycles. The summed E-state index contributed by atoms with van der Waals surface area (Å²) in [5, 5.41) is 5.74. The Hall–Kier alpha value is -3.26. The minimum absolute atomic E-state index is 0.0663. The molecule has 1 unspecified atom stereocenters. The van der Waals surface area contributed by atoms with E-state index in [4.69, 9.17) is 4.74 Å². The maximum absolute atomic E-state index is 12.9. The van der Waals surface area contributed by atoms with Gasteiger partial charge in [0.05, 0.1) is 6.04 Å². The number of benzene rings is 1. The van der Waals surface area contributed by atoms with Crippen LogP contribution < -0.4 is 5.32 Å². The van der Waals surface area contributed by atoms with Crippen LogP contribution in [0.2, 0.25) is 0 Å². The highest BCUT2D eigenvalue weighted by Gasteiger charge is 2.51. The zero-order valence-corrected chi connectivity index (χ0v) is 20.1. The number of hydrogen-bond acceptors (Lipinski definition) is 6. The summed E-state index contributed by atoms with van der Waals surface area (Å²) in [6, 6.07) is 13.9. The van der Waals surface area contributed by atoms with Crippen molar-refractivity contribution in [2.75, 3.05) is 0 Å². The van der Waals surface area contributed by atoms with Crippen molar-refractivity contribution in [3.8, 4) is 10.6 Å². The number of pyridine rings is 1. The number of nitrogens with zero attached hydrogens (tertiary/aromatic N) is 3. The van der Waals surface area contributed by atoms with Crippen molar-refractivity contribution >= 4 is 23.3 Å². The first-order valence-electron chi connectivity index (χ1n) is 11.7. The van der Waals surface area contributed by atoms with Crippen LogP contribution >= 0.6 is 11.3 Å². The van der Waals surface area contributed by atoms with E-state index in [1.165, 1.54) is 11.3 Å². The minimum atomic E-state index is -0.597. The molecule has 1 saturated heterocycles. The van der Waals surface area contributed by atoms with E-state index in [-0.39, 0.29) is 30.1 Å². The molecule has 1 atom stereocenters. The van der Waals surface area contributed by atoms with Gasteiger partial charge in [0.2, 0.25) is 0 Å². The largest absolute Gasteiger partial charge is 0.441 e. The number of carbonyl (C=O) groups is 2. The zero-order chi connectivity index (χ0) is 23.7. The van der Waals surface area contributed by atoms with Crippen molar-refractivity contribution < 1.29 is 14.3 Å². The van der Waals surface area contributed by atoms with E-state index in [0.717, 1.165) is 41.8 Å². The quantitative estimate of drug-likeness (QED) is 0.546. The van der Waals surface area contributed by atoms with Crippen molar-refractivity contribution in [3.63, 3.8) is 0 Å². The predicted octanol–water partition coefficient (Wildman–Crippen LogP) is 5.22. The van der Waals surface area contributed by atoms with Crippen molar-refractivity contribution in [1.82, 2.24) is 20.2 Å². The number of cyclic esters (lactones) is 1. The van der Waals surface area contributed by atoms with Gasteiger partial charge in [0.15, 0.2) is 0 Å². The summed E-state index contributed by atoms with van der Waals surface area (Å²) in [7, 11) is 0. The summed E-state index contributed by atoms with van der Waals surface area (Å²) < 4.78 is 5.78. The lowest BCUT2D eigenvalue weighted by Crippen LogP contribution is -2.46.